The summed E-state index contributed by atoms with van der Waals surface area (Å²) in [6.07, 6.45) is 0. The first-order valence-electron chi connectivity index (χ1n) is 8.64. The Morgan fingerprint density at radius 2 is 1.28 bits per heavy atom. The molecule has 0 aliphatic rings. The van der Waals surface area contributed by atoms with Gasteiger partial charge in [0.1, 0.15) is 0 Å². The third kappa shape index (κ3) is 5.14. The molecule has 0 unspecified atom stereocenters. The zero-order valence-corrected chi connectivity index (χ0v) is 18.6. The molecule has 160 valence electrons. The number of hydrogen-bond donors (Lipinski definition) is 2. The molecule has 29 heavy (non-hydrogen) atoms. The first kappa shape index (κ1) is 23.3. The molecule has 0 radical (unpaired) electrons. The van der Waals surface area contributed by atoms with Crippen LogP contribution in [0.3, 0.4) is 0 Å². The lowest BCUT2D eigenvalue weighted by molar-refractivity contribution is 0.445. The molecule has 0 bridgehead atoms. The maximum absolute atomic E-state index is 12.6. The van der Waals surface area contributed by atoms with Crippen LogP contribution in [-0.2, 0) is 30.1 Å². The van der Waals surface area contributed by atoms with Crippen molar-refractivity contribution in [2.75, 3.05) is 24.9 Å². The molecule has 0 spiro atoms. The van der Waals surface area contributed by atoms with Gasteiger partial charge >= 0.3 is 0 Å². The molecule has 0 saturated carbocycles. The molecule has 0 amide bonds. The van der Waals surface area contributed by atoms with Crippen molar-refractivity contribution in [3.05, 3.63) is 48.5 Å². The number of hydrogen-bond acceptors (Lipinski definition) is 6. The second kappa shape index (κ2) is 8.79. The highest BCUT2D eigenvalue weighted by Gasteiger charge is 2.22. The van der Waals surface area contributed by atoms with Crippen molar-refractivity contribution in [1.29, 1.82) is 0 Å². The van der Waals surface area contributed by atoms with Gasteiger partial charge in [0.2, 0.25) is 20.0 Å². The van der Waals surface area contributed by atoms with Crippen LogP contribution in [0.2, 0.25) is 0 Å². The fourth-order valence-electron chi connectivity index (χ4n) is 2.55. The van der Waals surface area contributed by atoms with E-state index in [0.717, 1.165) is 6.07 Å². The van der Waals surface area contributed by atoms with E-state index < -0.39 is 30.1 Å². The Hall–Kier alpha value is -1.99. The van der Waals surface area contributed by atoms with Crippen LogP contribution >= 0.6 is 0 Å². The summed E-state index contributed by atoms with van der Waals surface area (Å²) in [5, 5.41) is 0. The minimum atomic E-state index is -4.08. The molecule has 2 aromatic carbocycles. The van der Waals surface area contributed by atoms with Crippen molar-refractivity contribution in [2.45, 2.75) is 28.5 Å². The maximum atomic E-state index is 12.6. The van der Waals surface area contributed by atoms with Crippen molar-refractivity contribution in [1.82, 2.24) is 9.03 Å². The Labute approximate surface area is 171 Å². The molecule has 9 nitrogen and oxygen atoms in total. The van der Waals surface area contributed by atoms with Crippen LogP contribution in [0.15, 0.2) is 63.2 Å². The summed E-state index contributed by atoms with van der Waals surface area (Å²) in [5.74, 6) is 0. The predicted octanol–water partition coefficient (Wildman–Crippen LogP) is 1.43. The molecule has 2 N–H and O–H groups in total. The van der Waals surface area contributed by atoms with E-state index in [4.69, 9.17) is 0 Å². The average Bonchev–Trinajstić information content (AvgIpc) is 2.69. The van der Waals surface area contributed by atoms with Gasteiger partial charge < -0.3 is 0 Å². The van der Waals surface area contributed by atoms with E-state index in [1.807, 2.05) is 0 Å². The molecule has 0 aliphatic heterocycles. The van der Waals surface area contributed by atoms with Gasteiger partial charge in [0.25, 0.3) is 10.0 Å². The molecular formula is C17H23N3O6S3. The van der Waals surface area contributed by atoms with Gasteiger partial charge in [0.05, 0.1) is 14.7 Å². The summed E-state index contributed by atoms with van der Waals surface area (Å²) in [5.41, 5.74) is 0.144. The first-order valence-corrected chi connectivity index (χ1v) is 13.0. The summed E-state index contributed by atoms with van der Waals surface area (Å²) in [6, 6.07) is 10.2. The van der Waals surface area contributed by atoms with E-state index in [0.29, 0.717) is 13.1 Å². The molecule has 0 atom stereocenters. The fraction of sp³-hybridized carbons (Fsp3) is 0.294. The van der Waals surface area contributed by atoms with E-state index in [1.54, 1.807) is 13.8 Å². The first-order chi connectivity index (χ1) is 13.5. The van der Waals surface area contributed by atoms with Crippen LogP contribution in [0.5, 0.6) is 0 Å². The monoisotopic (exact) mass is 461 g/mol. The largest absolute Gasteiger partial charge is 0.280 e. The van der Waals surface area contributed by atoms with Crippen LogP contribution in [0, 0.1) is 0 Å². The zero-order chi connectivity index (χ0) is 21.9. The minimum absolute atomic E-state index is 0.0475. The average molecular weight is 462 g/mol. The van der Waals surface area contributed by atoms with Gasteiger partial charge in [-0.1, -0.05) is 19.9 Å². The van der Waals surface area contributed by atoms with Crippen molar-refractivity contribution >= 4 is 35.8 Å². The molecule has 0 fully saturated rings. The Balaban J connectivity index is 2.32. The summed E-state index contributed by atoms with van der Waals surface area (Å²) < 4.78 is 79.7. The van der Waals surface area contributed by atoms with Crippen molar-refractivity contribution in [3.8, 4) is 0 Å². The van der Waals surface area contributed by atoms with E-state index >= 15 is 0 Å². The molecule has 2 aromatic rings. The van der Waals surface area contributed by atoms with Gasteiger partial charge in [-0.15, -0.1) is 0 Å². The van der Waals surface area contributed by atoms with Crippen LogP contribution in [0.25, 0.3) is 0 Å². The number of rotatable bonds is 9. The molecular weight excluding hydrogens is 438 g/mol. The number of nitrogens with zero attached hydrogens (tertiary/aromatic N) is 1. The third-order valence-corrected chi connectivity index (χ3v) is 9.00. The van der Waals surface area contributed by atoms with Gasteiger partial charge in [-0.25, -0.2) is 30.0 Å². The smallest absolute Gasteiger partial charge is 0.261 e. The standard InChI is InChI=1S/C17H23N3O6S3/c1-4-20(5-2)29(25,26)15-11-9-14(10-12-15)19-28(23,24)17-8-6-7-16(13-17)27(21,22)18-3/h6-13,18-19H,4-5H2,1-3H3. The molecule has 0 aliphatic carbocycles. The van der Waals surface area contributed by atoms with E-state index in [1.165, 1.54) is 53.8 Å². The number of nitrogens with one attached hydrogen (secondary N) is 2. The third-order valence-electron chi connectivity index (χ3n) is 4.14. The van der Waals surface area contributed by atoms with Crippen LogP contribution in [0.1, 0.15) is 13.8 Å². The summed E-state index contributed by atoms with van der Waals surface area (Å²) in [6.45, 7) is 4.09. The number of anilines is 1. The molecule has 0 saturated heterocycles. The quantitative estimate of drug-likeness (QED) is 0.581. The van der Waals surface area contributed by atoms with E-state index in [9.17, 15) is 25.3 Å². The molecule has 12 heteroatoms. The Morgan fingerprint density at radius 1 is 0.759 bits per heavy atom. The molecule has 0 aromatic heterocycles. The topological polar surface area (TPSA) is 130 Å². The minimum Gasteiger partial charge on any atom is -0.280 e. The maximum Gasteiger partial charge on any atom is 0.261 e. The highest BCUT2D eigenvalue weighted by atomic mass is 32.2. The van der Waals surface area contributed by atoms with Gasteiger partial charge in [0.15, 0.2) is 0 Å². The van der Waals surface area contributed by atoms with Gasteiger partial charge in [0, 0.05) is 18.8 Å². The SMILES string of the molecule is CCN(CC)S(=O)(=O)c1ccc(NS(=O)(=O)c2cccc(S(=O)(=O)NC)c2)cc1. The number of sulfonamides is 3. The van der Waals surface area contributed by atoms with Crippen molar-refractivity contribution < 1.29 is 25.3 Å². The van der Waals surface area contributed by atoms with Crippen LogP contribution in [-0.4, -0.2) is 49.7 Å². The normalized spacial score (nSPS) is 12.8. The van der Waals surface area contributed by atoms with Gasteiger partial charge in [-0.3, -0.25) is 4.72 Å². The second-order valence-corrected chi connectivity index (χ2v) is 11.4. The van der Waals surface area contributed by atoms with Crippen LogP contribution in [0.4, 0.5) is 5.69 Å². The van der Waals surface area contributed by atoms with E-state index in [2.05, 4.69) is 9.44 Å². The second-order valence-electron chi connectivity index (χ2n) is 5.90. The van der Waals surface area contributed by atoms with E-state index in [-0.39, 0.29) is 20.4 Å². The lowest BCUT2D eigenvalue weighted by Gasteiger charge is -2.18. The fourth-order valence-corrected chi connectivity index (χ4v) is 5.96. The molecule has 0 heterocycles. The Kier molecular flexibility index (Phi) is 7.06. The van der Waals surface area contributed by atoms with Gasteiger partial charge in [-0.05, 0) is 49.5 Å². The Morgan fingerprint density at radius 3 is 1.76 bits per heavy atom. The Bertz CT molecular complexity index is 1170. The predicted molar refractivity (Wildman–Crippen MR) is 110 cm³/mol. The van der Waals surface area contributed by atoms with Crippen molar-refractivity contribution in [3.63, 3.8) is 0 Å². The van der Waals surface area contributed by atoms with Gasteiger partial charge in [-0.2, -0.15) is 4.31 Å². The zero-order valence-electron chi connectivity index (χ0n) is 16.2. The summed E-state index contributed by atoms with van der Waals surface area (Å²) in [7, 11) is -10.3. The molecule has 2 rings (SSSR count). The lowest BCUT2D eigenvalue weighted by Crippen LogP contribution is -2.30. The van der Waals surface area contributed by atoms with Crippen molar-refractivity contribution in [2.24, 2.45) is 0 Å². The highest BCUT2D eigenvalue weighted by Crippen LogP contribution is 2.22. The number of benzene rings is 2. The highest BCUT2D eigenvalue weighted by molar-refractivity contribution is 7.93. The summed E-state index contributed by atoms with van der Waals surface area (Å²) in [4.78, 5) is -0.386. The lowest BCUT2D eigenvalue weighted by atomic mass is 10.3. The summed E-state index contributed by atoms with van der Waals surface area (Å²) >= 11 is 0. The van der Waals surface area contributed by atoms with Crippen LogP contribution < -0.4 is 9.44 Å².